The fourth-order valence-corrected chi connectivity index (χ4v) is 3.74. The number of hydrogen-bond acceptors (Lipinski definition) is 9. The second-order valence-electron chi connectivity index (χ2n) is 7.74. The molecule has 1 unspecified atom stereocenters. The maximum atomic E-state index is 12.6. The molecule has 2 aromatic rings. The Labute approximate surface area is 196 Å². The van der Waals surface area contributed by atoms with Crippen LogP contribution in [0.1, 0.15) is 41.5 Å². The molecule has 180 valence electrons. The lowest BCUT2D eigenvalue weighted by atomic mass is 9.93. The Morgan fingerprint density at radius 3 is 1.88 bits per heavy atom. The van der Waals surface area contributed by atoms with Crippen LogP contribution in [-0.2, 0) is 33.3 Å². The zero-order valence-electron chi connectivity index (χ0n) is 19.0. The van der Waals surface area contributed by atoms with E-state index in [0.29, 0.717) is 11.1 Å². The van der Waals surface area contributed by atoms with Gasteiger partial charge in [0.2, 0.25) is 6.29 Å². The Morgan fingerprint density at radius 1 is 0.824 bits per heavy atom. The molecular weight excluding hydrogens is 444 g/mol. The van der Waals surface area contributed by atoms with Crippen molar-refractivity contribution in [3.8, 4) is 0 Å². The van der Waals surface area contributed by atoms with Crippen LogP contribution in [0.5, 0.6) is 0 Å². The number of carbonyl (C=O) groups excluding carboxylic acids is 4. The molecule has 3 rings (SSSR count). The zero-order chi connectivity index (χ0) is 24.7. The number of carbonyl (C=O) groups is 4. The van der Waals surface area contributed by atoms with Gasteiger partial charge in [0.1, 0.15) is 18.8 Å². The van der Waals surface area contributed by atoms with E-state index < -0.39 is 54.4 Å². The lowest BCUT2D eigenvalue weighted by Crippen LogP contribution is -2.42. The van der Waals surface area contributed by atoms with Crippen molar-refractivity contribution in [2.24, 2.45) is 5.92 Å². The topological polar surface area (TPSA) is 114 Å². The molecule has 1 aliphatic rings. The van der Waals surface area contributed by atoms with E-state index in [2.05, 4.69) is 0 Å². The number of hydrogen-bond donors (Lipinski definition) is 0. The molecular formula is C25H26O9. The van der Waals surface area contributed by atoms with Crippen molar-refractivity contribution in [2.75, 3.05) is 6.61 Å². The minimum Gasteiger partial charge on any atom is -0.459 e. The first-order chi connectivity index (χ1) is 16.3. The SMILES string of the molecule is CC(=O)O[C@H]1O[C@H](COC(=O)c2ccccc2)[C@@H](C(C)OC(=O)c2ccccc2)[C@H]1OC(C)=O. The van der Waals surface area contributed by atoms with Crippen molar-refractivity contribution < 1.29 is 42.9 Å². The molecule has 0 amide bonds. The Kier molecular flexibility index (Phi) is 8.37. The fourth-order valence-electron chi connectivity index (χ4n) is 3.74. The highest BCUT2D eigenvalue weighted by molar-refractivity contribution is 5.89. The van der Waals surface area contributed by atoms with Crippen LogP contribution in [-0.4, -0.2) is 55.1 Å². The van der Waals surface area contributed by atoms with Crippen LogP contribution in [0.25, 0.3) is 0 Å². The van der Waals surface area contributed by atoms with Gasteiger partial charge in [0.25, 0.3) is 0 Å². The van der Waals surface area contributed by atoms with Gasteiger partial charge in [0.05, 0.1) is 17.0 Å². The standard InChI is InChI=1S/C25H26O9/c1-15(31-24(29)19-12-8-5-9-13-19)21-20(14-30-23(28)18-10-6-4-7-11-18)34-25(33-17(3)27)22(21)32-16(2)26/h4-13,15,20-22,25H,14H2,1-3H3/t15?,20-,21-,22-,25+/m1/s1. The van der Waals surface area contributed by atoms with E-state index in [4.69, 9.17) is 23.7 Å². The third-order valence-corrected chi connectivity index (χ3v) is 5.20. The molecule has 0 N–H and O–H groups in total. The fraction of sp³-hybridized carbons (Fsp3) is 0.360. The molecule has 1 aliphatic heterocycles. The van der Waals surface area contributed by atoms with Crippen LogP contribution in [0.4, 0.5) is 0 Å². The summed E-state index contributed by atoms with van der Waals surface area (Å²) in [6.07, 6.45) is -4.08. The van der Waals surface area contributed by atoms with Crippen molar-refractivity contribution in [3.63, 3.8) is 0 Å². The van der Waals surface area contributed by atoms with Crippen molar-refractivity contribution in [2.45, 2.75) is 45.4 Å². The molecule has 0 aromatic heterocycles. The van der Waals surface area contributed by atoms with Gasteiger partial charge in [-0.15, -0.1) is 0 Å². The summed E-state index contributed by atoms with van der Waals surface area (Å²) < 4.78 is 27.4. The highest BCUT2D eigenvalue weighted by Crippen LogP contribution is 2.35. The van der Waals surface area contributed by atoms with Gasteiger partial charge in [-0.2, -0.15) is 0 Å². The van der Waals surface area contributed by atoms with Gasteiger partial charge in [0.15, 0.2) is 6.10 Å². The highest BCUT2D eigenvalue weighted by Gasteiger charge is 2.52. The van der Waals surface area contributed by atoms with E-state index in [9.17, 15) is 19.2 Å². The van der Waals surface area contributed by atoms with Crippen LogP contribution in [0.15, 0.2) is 60.7 Å². The molecule has 2 aromatic carbocycles. The van der Waals surface area contributed by atoms with Crippen molar-refractivity contribution in [1.29, 1.82) is 0 Å². The van der Waals surface area contributed by atoms with E-state index in [1.165, 1.54) is 13.8 Å². The van der Waals surface area contributed by atoms with Crippen LogP contribution >= 0.6 is 0 Å². The van der Waals surface area contributed by atoms with Gasteiger partial charge in [-0.05, 0) is 31.2 Å². The van der Waals surface area contributed by atoms with Gasteiger partial charge in [-0.1, -0.05) is 36.4 Å². The first kappa shape index (κ1) is 24.9. The van der Waals surface area contributed by atoms with Gasteiger partial charge in [-0.3, -0.25) is 9.59 Å². The van der Waals surface area contributed by atoms with E-state index in [1.54, 1.807) is 67.6 Å². The Morgan fingerprint density at radius 2 is 1.35 bits per heavy atom. The van der Waals surface area contributed by atoms with E-state index in [0.717, 1.165) is 0 Å². The molecule has 0 bridgehead atoms. The third kappa shape index (κ3) is 6.41. The summed E-state index contributed by atoms with van der Waals surface area (Å²) in [6.45, 7) is 3.74. The van der Waals surface area contributed by atoms with E-state index >= 15 is 0 Å². The normalized spacial score (nSPS) is 22.3. The summed E-state index contributed by atoms with van der Waals surface area (Å²) >= 11 is 0. The molecule has 9 nitrogen and oxygen atoms in total. The first-order valence-electron chi connectivity index (χ1n) is 10.7. The second kappa shape index (κ2) is 11.4. The van der Waals surface area contributed by atoms with Gasteiger partial charge in [-0.25, -0.2) is 9.59 Å². The molecule has 0 spiro atoms. The predicted molar refractivity (Wildman–Crippen MR) is 118 cm³/mol. The lowest BCUT2D eigenvalue weighted by Gasteiger charge is -2.28. The van der Waals surface area contributed by atoms with Crippen molar-refractivity contribution >= 4 is 23.9 Å². The maximum absolute atomic E-state index is 12.6. The van der Waals surface area contributed by atoms with Crippen molar-refractivity contribution in [3.05, 3.63) is 71.8 Å². The number of esters is 4. The van der Waals surface area contributed by atoms with Crippen LogP contribution in [0.2, 0.25) is 0 Å². The summed E-state index contributed by atoms with van der Waals surface area (Å²) in [5.74, 6) is -3.26. The minimum absolute atomic E-state index is 0.249. The molecule has 1 fully saturated rings. The van der Waals surface area contributed by atoms with Gasteiger partial charge in [0, 0.05) is 13.8 Å². The lowest BCUT2D eigenvalue weighted by molar-refractivity contribution is -0.196. The molecule has 0 radical (unpaired) electrons. The molecule has 1 saturated heterocycles. The Hall–Kier alpha value is -3.72. The van der Waals surface area contributed by atoms with Crippen LogP contribution < -0.4 is 0 Å². The van der Waals surface area contributed by atoms with Crippen LogP contribution in [0.3, 0.4) is 0 Å². The molecule has 5 atom stereocenters. The highest BCUT2D eigenvalue weighted by atomic mass is 16.7. The summed E-state index contributed by atoms with van der Waals surface area (Å²) in [7, 11) is 0. The minimum atomic E-state index is -1.26. The average Bonchev–Trinajstić information content (AvgIpc) is 3.14. The Balaban J connectivity index is 1.81. The molecule has 0 saturated carbocycles. The monoisotopic (exact) mass is 470 g/mol. The Bertz CT molecular complexity index is 1010. The second-order valence-corrected chi connectivity index (χ2v) is 7.74. The molecule has 34 heavy (non-hydrogen) atoms. The number of ether oxygens (including phenoxy) is 5. The predicted octanol–water partition coefficient (Wildman–Crippen LogP) is 2.92. The summed E-state index contributed by atoms with van der Waals surface area (Å²) in [4.78, 5) is 48.4. The molecule has 0 aliphatic carbocycles. The smallest absolute Gasteiger partial charge is 0.338 e. The molecule has 9 heteroatoms. The quantitative estimate of drug-likeness (QED) is 0.424. The largest absolute Gasteiger partial charge is 0.459 e. The van der Waals surface area contributed by atoms with Crippen LogP contribution in [0, 0.1) is 5.92 Å². The third-order valence-electron chi connectivity index (χ3n) is 5.20. The van der Waals surface area contributed by atoms with Gasteiger partial charge >= 0.3 is 23.9 Å². The first-order valence-corrected chi connectivity index (χ1v) is 10.7. The summed E-state index contributed by atoms with van der Waals surface area (Å²) in [6, 6.07) is 16.7. The number of rotatable bonds is 8. The number of benzene rings is 2. The van der Waals surface area contributed by atoms with Gasteiger partial charge < -0.3 is 23.7 Å². The summed E-state index contributed by atoms with van der Waals surface area (Å²) in [5.41, 5.74) is 0.676. The average molecular weight is 470 g/mol. The van der Waals surface area contributed by atoms with E-state index in [-0.39, 0.29) is 6.61 Å². The van der Waals surface area contributed by atoms with E-state index in [1.807, 2.05) is 0 Å². The zero-order valence-corrected chi connectivity index (χ0v) is 19.0. The maximum Gasteiger partial charge on any atom is 0.338 e. The molecule has 1 heterocycles. The van der Waals surface area contributed by atoms with Crippen molar-refractivity contribution in [1.82, 2.24) is 0 Å². The summed E-state index contributed by atoms with van der Waals surface area (Å²) in [5, 5.41) is 0.